The normalized spacial score (nSPS) is 18.0. The molecule has 0 spiro atoms. The fraction of sp³-hybridized carbons (Fsp3) is 0.690. The molecule has 0 bridgehead atoms. The standard InChI is InChI=1S/C29H46N6O12/c1-7-14(4)23(34-25(42)18(12-21(39)40)32-24(41)17(11-20(37)38)31-16(6)36)27(44)33-22(13(2)3)28(45)35-10-8-9-19(35)26(43)30-15(5)29(46)47/h13-15,17-19,22-23H,7-12H2,1-6H3,(H,30,43)(H,31,36)(H,32,41)(H,33,44)(H,34,42)(H,37,38)(H,39,40)(H,46,47). The second-order valence-corrected chi connectivity index (χ2v) is 11.9. The SMILES string of the molecule is CCC(C)C(NC(=O)C(CC(=O)O)NC(=O)C(CC(=O)O)NC(C)=O)C(=O)NC(C(=O)N1CCCC1C(=O)NC(C)C(=O)O)C(C)C. The Labute approximate surface area is 271 Å². The van der Waals surface area contributed by atoms with Gasteiger partial charge in [0.05, 0.1) is 12.8 Å². The molecule has 0 radical (unpaired) electrons. The van der Waals surface area contributed by atoms with E-state index in [1.54, 1.807) is 27.7 Å². The van der Waals surface area contributed by atoms with E-state index < -0.39 is 114 Å². The fourth-order valence-electron chi connectivity index (χ4n) is 4.85. The Kier molecular flexibility index (Phi) is 15.8. The van der Waals surface area contributed by atoms with Gasteiger partial charge in [-0.1, -0.05) is 34.1 Å². The number of carbonyl (C=O) groups is 9. The van der Waals surface area contributed by atoms with E-state index in [9.17, 15) is 48.3 Å². The number of aliphatic carboxylic acids is 3. The molecule has 0 aromatic carbocycles. The molecule has 7 unspecified atom stereocenters. The topological polar surface area (TPSA) is 278 Å². The largest absolute Gasteiger partial charge is 0.481 e. The van der Waals surface area contributed by atoms with Crippen molar-refractivity contribution in [3.8, 4) is 0 Å². The summed E-state index contributed by atoms with van der Waals surface area (Å²) < 4.78 is 0. The van der Waals surface area contributed by atoms with Gasteiger partial charge in [-0.3, -0.25) is 43.2 Å². The summed E-state index contributed by atoms with van der Waals surface area (Å²) in [4.78, 5) is 113. The lowest BCUT2D eigenvalue weighted by atomic mass is 9.95. The van der Waals surface area contributed by atoms with E-state index >= 15 is 0 Å². The molecule has 0 aromatic rings. The molecule has 1 aliphatic heterocycles. The van der Waals surface area contributed by atoms with Crippen LogP contribution < -0.4 is 26.6 Å². The fourth-order valence-corrected chi connectivity index (χ4v) is 4.85. The number of amides is 6. The molecule has 1 fully saturated rings. The van der Waals surface area contributed by atoms with Crippen LogP contribution in [0.15, 0.2) is 0 Å². The Morgan fingerprint density at radius 3 is 1.70 bits per heavy atom. The minimum atomic E-state index is -1.77. The summed E-state index contributed by atoms with van der Waals surface area (Å²) in [5, 5.41) is 39.3. The van der Waals surface area contributed by atoms with Crippen molar-refractivity contribution in [3.05, 3.63) is 0 Å². The van der Waals surface area contributed by atoms with E-state index in [-0.39, 0.29) is 13.0 Å². The van der Waals surface area contributed by atoms with Gasteiger partial charge in [-0.05, 0) is 31.6 Å². The number of carbonyl (C=O) groups excluding carboxylic acids is 6. The first kappa shape index (κ1) is 40.3. The first-order chi connectivity index (χ1) is 21.8. The molecule has 1 saturated heterocycles. The van der Waals surface area contributed by atoms with Crippen LogP contribution >= 0.6 is 0 Å². The minimum absolute atomic E-state index is 0.181. The molecule has 264 valence electrons. The third-order valence-electron chi connectivity index (χ3n) is 7.68. The zero-order chi connectivity index (χ0) is 36.2. The summed E-state index contributed by atoms with van der Waals surface area (Å²) in [5.41, 5.74) is 0. The molecule has 6 amide bonds. The molecule has 1 rings (SSSR count). The summed E-state index contributed by atoms with van der Waals surface area (Å²) in [6.45, 7) is 9.13. The van der Waals surface area contributed by atoms with Crippen LogP contribution in [-0.2, 0) is 43.2 Å². The van der Waals surface area contributed by atoms with Crippen molar-refractivity contribution >= 4 is 53.4 Å². The van der Waals surface area contributed by atoms with Crippen LogP contribution in [0.5, 0.6) is 0 Å². The summed E-state index contributed by atoms with van der Waals surface area (Å²) >= 11 is 0. The first-order valence-electron chi connectivity index (χ1n) is 15.3. The summed E-state index contributed by atoms with van der Waals surface area (Å²) in [5.74, 6) is -10.3. The van der Waals surface area contributed by atoms with E-state index in [1.165, 1.54) is 11.8 Å². The predicted octanol–water partition coefficient (Wildman–Crippen LogP) is -1.82. The number of carboxylic acid groups (broad SMARTS) is 3. The van der Waals surface area contributed by atoms with Crippen molar-refractivity contribution in [2.24, 2.45) is 11.8 Å². The number of carboxylic acids is 3. The molecule has 18 heteroatoms. The Bertz CT molecular complexity index is 1210. The zero-order valence-corrected chi connectivity index (χ0v) is 27.3. The Hall–Kier alpha value is -4.77. The average Bonchev–Trinajstić information content (AvgIpc) is 3.46. The molecule has 18 nitrogen and oxygen atoms in total. The van der Waals surface area contributed by atoms with Crippen LogP contribution in [0.25, 0.3) is 0 Å². The molecule has 0 aromatic heterocycles. The van der Waals surface area contributed by atoms with Crippen molar-refractivity contribution in [2.45, 2.75) is 110 Å². The smallest absolute Gasteiger partial charge is 0.325 e. The van der Waals surface area contributed by atoms with Crippen molar-refractivity contribution in [1.29, 1.82) is 0 Å². The maximum Gasteiger partial charge on any atom is 0.325 e. The average molecular weight is 671 g/mol. The van der Waals surface area contributed by atoms with Gasteiger partial charge in [0.1, 0.15) is 36.3 Å². The van der Waals surface area contributed by atoms with Gasteiger partial charge in [-0.25, -0.2) is 0 Å². The molecular weight excluding hydrogens is 624 g/mol. The number of rotatable bonds is 18. The zero-order valence-electron chi connectivity index (χ0n) is 27.3. The first-order valence-corrected chi connectivity index (χ1v) is 15.3. The predicted molar refractivity (Wildman–Crippen MR) is 162 cm³/mol. The van der Waals surface area contributed by atoms with Gasteiger partial charge in [0.25, 0.3) is 0 Å². The van der Waals surface area contributed by atoms with E-state index in [2.05, 4.69) is 26.6 Å². The Balaban J connectivity index is 3.22. The molecular formula is C29H46N6O12. The molecule has 1 aliphatic rings. The van der Waals surface area contributed by atoms with E-state index in [4.69, 9.17) is 10.2 Å². The summed E-state index contributed by atoms with van der Waals surface area (Å²) in [6, 6.07) is -8.04. The second-order valence-electron chi connectivity index (χ2n) is 11.9. The third-order valence-corrected chi connectivity index (χ3v) is 7.68. The van der Waals surface area contributed by atoms with Gasteiger partial charge in [0, 0.05) is 13.5 Å². The number of likely N-dealkylation sites (tertiary alicyclic amines) is 1. The van der Waals surface area contributed by atoms with Crippen molar-refractivity contribution < 1.29 is 58.5 Å². The molecule has 8 N–H and O–H groups in total. The second kappa shape index (κ2) is 18.4. The van der Waals surface area contributed by atoms with Gasteiger partial charge in [0.15, 0.2) is 0 Å². The highest BCUT2D eigenvalue weighted by molar-refractivity contribution is 5.98. The number of hydrogen-bond acceptors (Lipinski definition) is 9. The molecule has 0 saturated carbocycles. The quantitative estimate of drug-likeness (QED) is 0.0800. The van der Waals surface area contributed by atoms with Crippen molar-refractivity contribution in [1.82, 2.24) is 31.5 Å². The maximum absolute atomic E-state index is 13.7. The summed E-state index contributed by atoms with van der Waals surface area (Å²) in [7, 11) is 0. The molecule has 1 heterocycles. The number of nitrogens with zero attached hydrogens (tertiary/aromatic N) is 1. The number of nitrogens with one attached hydrogen (secondary N) is 5. The highest BCUT2D eigenvalue weighted by atomic mass is 16.4. The van der Waals surface area contributed by atoms with Gasteiger partial charge >= 0.3 is 17.9 Å². The Morgan fingerprint density at radius 1 is 0.723 bits per heavy atom. The maximum atomic E-state index is 13.7. The van der Waals surface area contributed by atoms with Crippen LogP contribution in [0.4, 0.5) is 0 Å². The van der Waals surface area contributed by atoms with Crippen LogP contribution in [0.2, 0.25) is 0 Å². The van der Waals surface area contributed by atoms with Crippen LogP contribution in [0.3, 0.4) is 0 Å². The molecule has 47 heavy (non-hydrogen) atoms. The highest BCUT2D eigenvalue weighted by Crippen LogP contribution is 2.21. The van der Waals surface area contributed by atoms with Crippen molar-refractivity contribution in [3.63, 3.8) is 0 Å². The monoisotopic (exact) mass is 670 g/mol. The van der Waals surface area contributed by atoms with Crippen LogP contribution in [0, 0.1) is 11.8 Å². The lowest BCUT2D eigenvalue weighted by Gasteiger charge is -2.33. The molecule has 7 atom stereocenters. The van der Waals surface area contributed by atoms with E-state index in [1.807, 2.05) is 0 Å². The van der Waals surface area contributed by atoms with Gasteiger partial charge in [-0.2, -0.15) is 0 Å². The summed E-state index contributed by atoms with van der Waals surface area (Å²) in [6.07, 6.45) is -0.721. The van der Waals surface area contributed by atoms with E-state index in [0.717, 1.165) is 6.92 Å². The minimum Gasteiger partial charge on any atom is -0.481 e. The lowest BCUT2D eigenvalue weighted by Crippen LogP contribution is -2.61. The van der Waals surface area contributed by atoms with Crippen LogP contribution in [-0.4, -0.2) is 116 Å². The van der Waals surface area contributed by atoms with E-state index in [0.29, 0.717) is 12.8 Å². The van der Waals surface area contributed by atoms with Gasteiger partial charge in [-0.15, -0.1) is 0 Å². The van der Waals surface area contributed by atoms with Crippen molar-refractivity contribution in [2.75, 3.05) is 6.54 Å². The third kappa shape index (κ3) is 12.5. The van der Waals surface area contributed by atoms with Gasteiger partial charge < -0.3 is 46.8 Å². The van der Waals surface area contributed by atoms with Gasteiger partial charge in [0.2, 0.25) is 35.4 Å². The van der Waals surface area contributed by atoms with Crippen LogP contribution in [0.1, 0.15) is 73.6 Å². The Morgan fingerprint density at radius 2 is 1.23 bits per heavy atom. The lowest BCUT2D eigenvalue weighted by molar-refractivity contribution is -0.145. The molecule has 0 aliphatic carbocycles. The number of hydrogen-bond donors (Lipinski definition) is 8. The highest BCUT2D eigenvalue weighted by Gasteiger charge is 2.41.